The largest absolute Gasteiger partial charge is 0.486 e. The number of nitrogens with one attached hydrogen (secondary N) is 2. The molecule has 1 fully saturated rings. The Morgan fingerprint density at radius 2 is 2.12 bits per heavy atom. The van der Waals surface area contributed by atoms with Crippen LogP contribution in [0.2, 0.25) is 0 Å². The van der Waals surface area contributed by atoms with Crippen LogP contribution in [0.3, 0.4) is 0 Å². The highest BCUT2D eigenvalue weighted by Crippen LogP contribution is 2.30. The van der Waals surface area contributed by atoms with E-state index in [1.165, 1.54) is 0 Å². The Morgan fingerprint density at radius 1 is 1.33 bits per heavy atom. The zero-order chi connectivity index (χ0) is 16.9. The summed E-state index contributed by atoms with van der Waals surface area (Å²) >= 11 is 5.91. The predicted molar refractivity (Wildman–Crippen MR) is 86.4 cm³/mol. The number of carbonyl (C=O) groups excluding carboxylic acids is 2. The molecule has 0 aliphatic carbocycles. The summed E-state index contributed by atoms with van der Waals surface area (Å²) in [5.41, 5.74) is 0. The smallest absolute Gasteiger partial charge is 0.323 e. The Hall–Kier alpha value is -1.99. The van der Waals surface area contributed by atoms with E-state index < -0.39 is 12.0 Å². The number of rotatable bonds is 5. The van der Waals surface area contributed by atoms with Crippen molar-refractivity contribution >= 4 is 23.5 Å². The van der Waals surface area contributed by atoms with E-state index in [9.17, 15) is 9.59 Å². The Kier molecular flexibility index (Phi) is 5.42. The van der Waals surface area contributed by atoms with Crippen molar-refractivity contribution in [1.29, 1.82) is 0 Å². The molecule has 0 aromatic heterocycles. The molecule has 24 heavy (non-hydrogen) atoms. The maximum absolute atomic E-state index is 11.8. The van der Waals surface area contributed by atoms with Gasteiger partial charge in [0.05, 0.1) is 6.54 Å². The first kappa shape index (κ1) is 16.9. The van der Waals surface area contributed by atoms with Gasteiger partial charge in [0, 0.05) is 11.9 Å². The third kappa shape index (κ3) is 4.30. The highest BCUT2D eigenvalue weighted by molar-refractivity contribution is 6.21. The van der Waals surface area contributed by atoms with E-state index in [-0.39, 0.29) is 30.5 Å². The molecule has 0 saturated carbocycles. The number of ether oxygens (including phenoxy) is 3. The van der Waals surface area contributed by atoms with Gasteiger partial charge < -0.3 is 24.8 Å². The van der Waals surface area contributed by atoms with E-state index in [0.717, 1.165) is 0 Å². The predicted octanol–water partition coefficient (Wildman–Crippen LogP) is 0.455. The van der Waals surface area contributed by atoms with Crippen LogP contribution in [0.5, 0.6) is 11.5 Å². The van der Waals surface area contributed by atoms with E-state index in [0.29, 0.717) is 31.1 Å². The lowest BCUT2D eigenvalue weighted by Gasteiger charge is -2.26. The van der Waals surface area contributed by atoms with Crippen LogP contribution in [0.15, 0.2) is 24.3 Å². The summed E-state index contributed by atoms with van der Waals surface area (Å²) in [5.74, 6) is 0.499. The van der Waals surface area contributed by atoms with E-state index in [2.05, 4.69) is 10.6 Å². The summed E-state index contributed by atoms with van der Waals surface area (Å²) in [6.45, 7) is 0.860. The second-order valence-corrected chi connectivity index (χ2v) is 6.32. The fourth-order valence-electron chi connectivity index (χ4n) is 2.55. The number of benzene rings is 1. The van der Waals surface area contributed by atoms with Gasteiger partial charge >= 0.3 is 5.97 Å². The lowest BCUT2D eigenvalue weighted by atomic mass is 10.2. The van der Waals surface area contributed by atoms with Gasteiger partial charge in [-0.05, 0) is 18.6 Å². The number of hydrogen-bond acceptors (Lipinski definition) is 6. The number of halogens is 1. The lowest BCUT2D eigenvalue weighted by Crippen LogP contribution is -2.42. The topological polar surface area (TPSA) is 85.9 Å². The number of alkyl halides is 1. The number of hydrogen-bond donors (Lipinski definition) is 2. The first-order chi connectivity index (χ1) is 11.6. The number of carbonyl (C=O) groups is 2. The minimum Gasteiger partial charge on any atom is -0.486 e. The molecule has 2 aliphatic heterocycles. The molecule has 3 atom stereocenters. The van der Waals surface area contributed by atoms with Crippen molar-refractivity contribution in [2.45, 2.75) is 23.9 Å². The average molecular weight is 355 g/mol. The SMILES string of the molecule is O=C(COC(=O)C1CC(Cl)CN1)NCC1COc2ccccc2O1. The monoisotopic (exact) mass is 354 g/mol. The third-order valence-electron chi connectivity index (χ3n) is 3.80. The summed E-state index contributed by atoms with van der Waals surface area (Å²) in [5, 5.41) is 5.54. The van der Waals surface area contributed by atoms with Crippen LogP contribution in [0.1, 0.15) is 6.42 Å². The molecule has 3 rings (SSSR count). The Balaban J connectivity index is 1.36. The van der Waals surface area contributed by atoms with Crippen molar-refractivity contribution < 1.29 is 23.8 Å². The normalized spacial score (nSPS) is 25.1. The maximum atomic E-state index is 11.8. The van der Waals surface area contributed by atoms with Gasteiger partial charge in [0.15, 0.2) is 18.1 Å². The van der Waals surface area contributed by atoms with Gasteiger partial charge in [0.1, 0.15) is 18.8 Å². The minimum absolute atomic E-state index is 0.0808. The van der Waals surface area contributed by atoms with Crippen molar-refractivity contribution in [1.82, 2.24) is 10.6 Å². The van der Waals surface area contributed by atoms with Gasteiger partial charge in [0.25, 0.3) is 5.91 Å². The molecular formula is C16H19ClN2O5. The average Bonchev–Trinajstić information content (AvgIpc) is 3.04. The van der Waals surface area contributed by atoms with Gasteiger partial charge in [0.2, 0.25) is 0 Å². The highest BCUT2D eigenvalue weighted by Gasteiger charge is 2.29. The molecule has 2 aliphatic rings. The number of fused-ring (bicyclic) bond motifs is 1. The molecule has 7 nitrogen and oxygen atoms in total. The van der Waals surface area contributed by atoms with Crippen molar-refractivity contribution in [2.75, 3.05) is 26.3 Å². The second kappa shape index (κ2) is 7.72. The van der Waals surface area contributed by atoms with E-state index >= 15 is 0 Å². The summed E-state index contributed by atoms with van der Waals surface area (Å²) in [4.78, 5) is 23.6. The summed E-state index contributed by atoms with van der Waals surface area (Å²) < 4.78 is 16.3. The van der Waals surface area contributed by atoms with E-state index in [1.807, 2.05) is 24.3 Å². The molecule has 8 heteroatoms. The number of para-hydroxylation sites is 2. The fourth-order valence-corrected chi connectivity index (χ4v) is 2.82. The second-order valence-electron chi connectivity index (χ2n) is 5.70. The minimum atomic E-state index is -0.459. The molecule has 0 bridgehead atoms. The van der Waals surface area contributed by atoms with Crippen LogP contribution in [0.4, 0.5) is 0 Å². The first-order valence-corrected chi connectivity index (χ1v) is 8.24. The molecule has 3 unspecified atom stereocenters. The van der Waals surface area contributed by atoms with Crippen LogP contribution in [0, 0.1) is 0 Å². The molecule has 2 heterocycles. The van der Waals surface area contributed by atoms with Crippen LogP contribution >= 0.6 is 11.6 Å². The first-order valence-electron chi connectivity index (χ1n) is 7.81. The van der Waals surface area contributed by atoms with Gasteiger partial charge in [-0.2, -0.15) is 0 Å². The lowest BCUT2D eigenvalue weighted by molar-refractivity contribution is -0.150. The molecule has 130 valence electrons. The van der Waals surface area contributed by atoms with Crippen LogP contribution < -0.4 is 20.1 Å². The Labute approximate surface area is 144 Å². The molecule has 1 amide bonds. The molecule has 0 spiro atoms. The maximum Gasteiger partial charge on any atom is 0.323 e. The highest BCUT2D eigenvalue weighted by atomic mass is 35.5. The molecule has 0 radical (unpaired) electrons. The Bertz CT molecular complexity index is 612. The fraction of sp³-hybridized carbons (Fsp3) is 0.500. The molecule has 2 N–H and O–H groups in total. The van der Waals surface area contributed by atoms with E-state index in [4.69, 9.17) is 25.8 Å². The summed E-state index contributed by atoms with van der Waals surface area (Å²) in [6.07, 6.45) is 0.224. The molecular weight excluding hydrogens is 336 g/mol. The van der Waals surface area contributed by atoms with Crippen molar-refractivity contribution in [2.24, 2.45) is 0 Å². The standard InChI is InChI=1S/C16H19ClN2O5/c17-10-5-12(18-6-10)16(21)23-9-15(20)19-7-11-8-22-13-3-1-2-4-14(13)24-11/h1-4,10-12,18H,5-9H2,(H,19,20). The Morgan fingerprint density at radius 3 is 2.88 bits per heavy atom. The summed E-state index contributed by atoms with van der Waals surface area (Å²) in [7, 11) is 0. The van der Waals surface area contributed by atoms with Crippen LogP contribution in [0.25, 0.3) is 0 Å². The van der Waals surface area contributed by atoms with Crippen LogP contribution in [-0.2, 0) is 14.3 Å². The molecule has 1 aromatic carbocycles. The van der Waals surface area contributed by atoms with Crippen molar-refractivity contribution in [3.63, 3.8) is 0 Å². The number of esters is 1. The van der Waals surface area contributed by atoms with E-state index in [1.54, 1.807) is 0 Å². The van der Waals surface area contributed by atoms with Crippen LogP contribution in [-0.4, -0.2) is 55.7 Å². The molecule has 1 aromatic rings. The van der Waals surface area contributed by atoms with Gasteiger partial charge in [-0.25, -0.2) is 0 Å². The van der Waals surface area contributed by atoms with Crippen molar-refractivity contribution in [3.05, 3.63) is 24.3 Å². The zero-order valence-corrected chi connectivity index (χ0v) is 13.8. The third-order valence-corrected chi connectivity index (χ3v) is 4.13. The summed E-state index contributed by atoms with van der Waals surface area (Å²) in [6, 6.07) is 6.91. The zero-order valence-electron chi connectivity index (χ0n) is 13.0. The number of amides is 1. The molecule has 1 saturated heterocycles. The van der Waals surface area contributed by atoms with Gasteiger partial charge in [-0.3, -0.25) is 9.59 Å². The van der Waals surface area contributed by atoms with Crippen molar-refractivity contribution in [3.8, 4) is 11.5 Å². The van der Waals surface area contributed by atoms with Gasteiger partial charge in [-0.1, -0.05) is 12.1 Å². The van der Waals surface area contributed by atoms with Gasteiger partial charge in [-0.15, -0.1) is 11.6 Å². The quantitative estimate of drug-likeness (QED) is 0.590.